The highest BCUT2D eigenvalue weighted by molar-refractivity contribution is 5.72. The molecule has 2 aliphatic rings. The van der Waals surface area contributed by atoms with Crippen molar-refractivity contribution in [1.29, 1.82) is 0 Å². The third-order valence-electron chi connectivity index (χ3n) is 5.32. The lowest BCUT2D eigenvalue weighted by atomic mass is 10.0. The van der Waals surface area contributed by atoms with Crippen LogP contribution < -0.4 is 4.90 Å². The molecule has 0 amide bonds. The van der Waals surface area contributed by atoms with E-state index in [4.69, 9.17) is 0 Å². The maximum absolute atomic E-state index is 13.4. The number of likely N-dealkylation sites (tertiary alicyclic amines) is 1. The van der Waals surface area contributed by atoms with E-state index in [9.17, 15) is 9.50 Å². The van der Waals surface area contributed by atoms with Crippen molar-refractivity contribution in [2.24, 2.45) is 0 Å². The van der Waals surface area contributed by atoms with Crippen LogP contribution in [0.25, 0.3) is 11.3 Å². The van der Waals surface area contributed by atoms with E-state index in [1.165, 1.54) is 18.9 Å². The second kappa shape index (κ2) is 6.26. The van der Waals surface area contributed by atoms with E-state index >= 15 is 0 Å². The molecule has 0 spiro atoms. The van der Waals surface area contributed by atoms with Crippen LogP contribution in [0.2, 0.25) is 0 Å². The van der Waals surface area contributed by atoms with E-state index in [1.54, 1.807) is 6.92 Å². The lowest BCUT2D eigenvalue weighted by molar-refractivity contribution is 0.245. The number of aryl methyl sites for hydroxylation is 1. The topological polar surface area (TPSA) is 52.5 Å². The van der Waals surface area contributed by atoms with Crippen LogP contribution in [-0.4, -0.2) is 52.9 Å². The summed E-state index contributed by atoms with van der Waals surface area (Å²) in [6, 6.07) is 5.02. The van der Waals surface area contributed by atoms with Gasteiger partial charge in [0.25, 0.3) is 0 Å². The average molecular weight is 342 g/mol. The molecule has 0 bridgehead atoms. The number of halogens is 1. The number of piperidine rings is 1. The molecule has 4 rings (SSSR count). The minimum atomic E-state index is -0.444. The van der Waals surface area contributed by atoms with E-state index in [0.29, 0.717) is 22.9 Å². The molecular formula is C19H23FN4O. The van der Waals surface area contributed by atoms with Gasteiger partial charge in [0.1, 0.15) is 11.6 Å². The van der Waals surface area contributed by atoms with Gasteiger partial charge in [-0.25, -0.2) is 4.39 Å². The van der Waals surface area contributed by atoms with Gasteiger partial charge >= 0.3 is 0 Å². The summed E-state index contributed by atoms with van der Waals surface area (Å²) in [5, 5.41) is 19.0. The minimum absolute atomic E-state index is 0.0875. The molecule has 2 aromatic rings. The molecule has 1 aromatic carbocycles. The molecule has 1 aromatic heterocycles. The normalized spacial score (nSPS) is 20.8. The van der Waals surface area contributed by atoms with Crippen LogP contribution in [0.15, 0.2) is 18.2 Å². The number of aromatic hydroxyl groups is 1. The van der Waals surface area contributed by atoms with Crippen molar-refractivity contribution in [3.8, 4) is 17.0 Å². The summed E-state index contributed by atoms with van der Waals surface area (Å²) in [7, 11) is 2.16. The number of anilines is 1. The maximum atomic E-state index is 13.4. The Hall–Kier alpha value is -2.21. The third kappa shape index (κ3) is 2.95. The van der Waals surface area contributed by atoms with Crippen LogP contribution in [0.4, 0.5) is 10.2 Å². The number of hydrogen-bond donors (Lipinski definition) is 1. The van der Waals surface area contributed by atoms with Crippen LogP contribution in [-0.2, 0) is 6.42 Å². The molecule has 1 atom stereocenters. The highest BCUT2D eigenvalue weighted by atomic mass is 19.1. The van der Waals surface area contributed by atoms with Crippen LogP contribution in [0.5, 0.6) is 5.75 Å². The molecule has 5 nitrogen and oxygen atoms in total. The van der Waals surface area contributed by atoms with Crippen LogP contribution in [0, 0.1) is 12.7 Å². The molecule has 0 radical (unpaired) electrons. The molecule has 0 aliphatic carbocycles. The van der Waals surface area contributed by atoms with E-state index in [-0.39, 0.29) is 5.75 Å². The Morgan fingerprint density at radius 3 is 2.80 bits per heavy atom. The minimum Gasteiger partial charge on any atom is -0.507 e. The Balaban J connectivity index is 1.66. The zero-order valence-electron chi connectivity index (χ0n) is 14.7. The zero-order chi connectivity index (χ0) is 17.6. The van der Waals surface area contributed by atoms with Crippen molar-refractivity contribution in [2.75, 3.05) is 31.6 Å². The Labute approximate surface area is 147 Å². The highest BCUT2D eigenvalue weighted by Crippen LogP contribution is 2.36. The number of rotatable bonds is 2. The number of phenols is 1. The van der Waals surface area contributed by atoms with Gasteiger partial charge in [-0.2, -0.15) is 0 Å². The number of hydrogen-bond acceptors (Lipinski definition) is 5. The maximum Gasteiger partial charge on any atom is 0.154 e. The molecular weight excluding hydrogens is 319 g/mol. The van der Waals surface area contributed by atoms with Gasteiger partial charge in [0, 0.05) is 36.3 Å². The highest BCUT2D eigenvalue weighted by Gasteiger charge is 2.31. The predicted molar refractivity (Wildman–Crippen MR) is 95.4 cm³/mol. The Bertz CT molecular complexity index is 787. The fraction of sp³-hybridized carbons (Fsp3) is 0.474. The first-order valence-corrected chi connectivity index (χ1v) is 8.84. The van der Waals surface area contributed by atoms with E-state index in [1.807, 2.05) is 6.07 Å². The third-order valence-corrected chi connectivity index (χ3v) is 5.32. The average Bonchev–Trinajstić information content (AvgIpc) is 2.97. The summed E-state index contributed by atoms with van der Waals surface area (Å²) in [5.41, 5.74) is 2.99. The Morgan fingerprint density at radius 1 is 1.20 bits per heavy atom. The van der Waals surface area contributed by atoms with Gasteiger partial charge in [-0.05, 0) is 57.5 Å². The van der Waals surface area contributed by atoms with Crippen molar-refractivity contribution in [3.05, 3.63) is 35.1 Å². The molecule has 1 unspecified atom stereocenters. The second-order valence-corrected chi connectivity index (χ2v) is 7.20. The number of benzene rings is 1. The van der Waals surface area contributed by atoms with Crippen molar-refractivity contribution < 1.29 is 9.50 Å². The number of aromatic nitrogens is 2. The largest absolute Gasteiger partial charge is 0.507 e. The smallest absolute Gasteiger partial charge is 0.154 e. The van der Waals surface area contributed by atoms with Gasteiger partial charge in [-0.15, -0.1) is 10.2 Å². The van der Waals surface area contributed by atoms with Gasteiger partial charge in [-0.3, -0.25) is 0 Å². The molecule has 25 heavy (non-hydrogen) atoms. The molecule has 1 N–H and O–H groups in total. The van der Waals surface area contributed by atoms with Gasteiger partial charge in [0.15, 0.2) is 5.82 Å². The van der Waals surface area contributed by atoms with Crippen LogP contribution >= 0.6 is 0 Å². The fourth-order valence-corrected chi connectivity index (χ4v) is 4.13. The van der Waals surface area contributed by atoms with E-state index in [2.05, 4.69) is 27.0 Å². The van der Waals surface area contributed by atoms with Crippen LogP contribution in [0.3, 0.4) is 0 Å². The number of likely N-dealkylation sites (N-methyl/N-ethyl adjacent to an activating group) is 1. The fourth-order valence-electron chi connectivity index (χ4n) is 4.13. The number of nitrogens with zero attached hydrogens (tertiary/aromatic N) is 4. The Kier molecular flexibility index (Phi) is 4.07. The molecule has 3 heterocycles. The summed E-state index contributed by atoms with van der Waals surface area (Å²) in [6.07, 6.45) is 3.32. The quantitative estimate of drug-likeness (QED) is 0.909. The van der Waals surface area contributed by atoms with Gasteiger partial charge in [0.05, 0.1) is 5.69 Å². The molecule has 6 heteroatoms. The Morgan fingerprint density at radius 2 is 2.04 bits per heavy atom. The monoisotopic (exact) mass is 342 g/mol. The number of phenolic OH excluding ortho intramolecular Hbond substituents is 1. The summed E-state index contributed by atoms with van der Waals surface area (Å²) in [6.45, 7) is 4.95. The van der Waals surface area contributed by atoms with E-state index in [0.717, 1.165) is 43.5 Å². The molecule has 1 fully saturated rings. The summed E-state index contributed by atoms with van der Waals surface area (Å²) in [5.74, 6) is 0.430. The lowest BCUT2D eigenvalue weighted by Crippen LogP contribution is -2.46. The summed E-state index contributed by atoms with van der Waals surface area (Å²) in [4.78, 5) is 4.74. The van der Waals surface area contributed by atoms with E-state index < -0.39 is 5.82 Å². The standard InChI is InChI=1S/C19H23FN4O/c1-12-8-14(20)10-17(25)18(12)16-9-13-5-7-24(19(13)22-21-16)15-4-3-6-23(2)11-15/h8-10,15,25H,3-7,11H2,1-2H3. The van der Waals surface area contributed by atoms with Gasteiger partial charge < -0.3 is 14.9 Å². The first-order chi connectivity index (χ1) is 12.0. The molecule has 2 aliphatic heterocycles. The van der Waals surface area contributed by atoms with Crippen LogP contribution in [0.1, 0.15) is 24.0 Å². The molecule has 132 valence electrons. The van der Waals surface area contributed by atoms with Gasteiger partial charge in [0.2, 0.25) is 0 Å². The lowest BCUT2D eigenvalue weighted by Gasteiger charge is -2.36. The zero-order valence-corrected chi connectivity index (χ0v) is 14.7. The predicted octanol–water partition coefficient (Wildman–Crippen LogP) is 2.75. The van der Waals surface area contributed by atoms with Crippen molar-refractivity contribution in [2.45, 2.75) is 32.2 Å². The first kappa shape index (κ1) is 16.3. The van der Waals surface area contributed by atoms with Gasteiger partial charge in [-0.1, -0.05) is 0 Å². The van der Waals surface area contributed by atoms with Crippen molar-refractivity contribution >= 4 is 5.82 Å². The van der Waals surface area contributed by atoms with Crippen molar-refractivity contribution in [3.63, 3.8) is 0 Å². The molecule has 1 saturated heterocycles. The van der Waals surface area contributed by atoms with Crippen molar-refractivity contribution in [1.82, 2.24) is 15.1 Å². The second-order valence-electron chi connectivity index (χ2n) is 7.20. The SMILES string of the molecule is Cc1cc(F)cc(O)c1-c1cc2c(nn1)N(C1CCCN(C)C1)CC2. The first-order valence-electron chi connectivity index (χ1n) is 8.84. The summed E-state index contributed by atoms with van der Waals surface area (Å²) < 4.78 is 13.4. The molecule has 0 saturated carbocycles. The number of fused-ring (bicyclic) bond motifs is 1. The summed E-state index contributed by atoms with van der Waals surface area (Å²) >= 11 is 0.